The molecule has 0 aliphatic carbocycles. The molecular weight excluding hydrogens is 176 g/mol. The van der Waals surface area contributed by atoms with Gasteiger partial charge in [0.1, 0.15) is 12.4 Å². The Kier molecular flexibility index (Phi) is 3.31. The molecular formula is C10H21N2Si+. The van der Waals surface area contributed by atoms with Gasteiger partial charge in [-0.15, -0.1) is 0 Å². The molecule has 0 bridgehead atoms. The number of nitrogens with zero attached hydrogens (tertiary/aromatic N) is 2. The molecule has 0 aromatic carbocycles. The SMILES string of the molecule is C[n+]1ccn(CCC[Si](C)(C)C)c1. The van der Waals surface area contributed by atoms with Gasteiger partial charge < -0.3 is 0 Å². The molecule has 1 heterocycles. The standard InChI is InChI=1S/C10H21N2Si/c1-11-7-8-12(10-11)6-5-9-13(2,3)4/h7-8,10H,5-6,9H2,1-4H3/q+1. The van der Waals surface area contributed by atoms with E-state index in [1.165, 1.54) is 19.0 Å². The van der Waals surface area contributed by atoms with Crippen LogP contribution >= 0.6 is 0 Å². The predicted molar refractivity (Wildman–Crippen MR) is 58.4 cm³/mol. The van der Waals surface area contributed by atoms with Crippen molar-refractivity contribution in [1.82, 2.24) is 4.57 Å². The van der Waals surface area contributed by atoms with Crippen LogP contribution in [0.3, 0.4) is 0 Å². The van der Waals surface area contributed by atoms with E-state index in [9.17, 15) is 0 Å². The van der Waals surface area contributed by atoms with E-state index in [2.05, 4.69) is 54.5 Å². The van der Waals surface area contributed by atoms with Gasteiger partial charge in [0.25, 0.3) is 0 Å². The highest BCUT2D eigenvalue weighted by molar-refractivity contribution is 6.76. The highest BCUT2D eigenvalue weighted by Crippen LogP contribution is 2.11. The fourth-order valence-electron chi connectivity index (χ4n) is 1.43. The second kappa shape index (κ2) is 4.09. The van der Waals surface area contributed by atoms with E-state index in [4.69, 9.17) is 0 Å². The number of hydrogen-bond donors (Lipinski definition) is 0. The number of rotatable bonds is 4. The van der Waals surface area contributed by atoms with Crippen molar-refractivity contribution in [2.45, 2.75) is 38.7 Å². The molecule has 1 aromatic heterocycles. The fourth-order valence-corrected chi connectivity index (χ4v) is 2.64. The summed E-state index contributed by atoms with van der Waals surface area (Å²) in [7, 11) is 1.24. The van der Waals surface area contributed by atoms with Gasteiger partial charge in [0.15, 0.2) is 0 Å². The summed E-state index contributed by atoms with van der Waals surface area (Å²) in [4.78, 5) is 0. The summed E-state index contributed by atoms with van der Waals surface area (Å²) in [5.74, 6) is 0. The molecule has 0 spiro atoms. The van der Waals surface area contributed by atoms with Crippen LogP contribution in [0.4, 0.5) is 0 Å². The van der Waals surface area contributed by atoms with Gasteiger partial charge in [-0.05, 0) is 6.42 Å². The molecule has 1 rings (SSSR count). The lowest BCUT2D eigenvalue weighted by Crippen LogP contribution is -2.24. The van der Waals surface area contributed by atoms with Crippen LogP contribution in [0.5, 0.6) is 0 Å². The lowest BCUT2D eigenvalue weighted by atomic mass is 10.5. The van der Waals surface area contributed by atoms with Gasteiger partial charge in [0.2, 0.25) is 6.33 Å². The zero-order valence-electron chi connectivity index (χ0n) is 9.25. The number of aromatic nitrogens is 2. The number of hydrogen-bond acceptors (Lipinski definition) is 0. The van der Waals surface area contributed by atoms with Crippen molar-refractivity contribution >= 4 is 8.07 Å². The third kappa shape index (κ3) is 4.27. The first-order valence-corrected chi connectivity index (χ1v) is 8.69. The van der Waals surface area contributed by atoms with E-state index in [0.717, 1.165) is 0 Å². The van der Waals surface area contributed by atoms with Gasteiger partial charge in [0, 0.05) is 8.07 Å². The summed E-state index contributed by atoms with van der Waals surface area (Å²) in [5.41, 5.74) is 0. The van der Waals surface area contributed by atoms with E-state index < -0.39 is 8.07 Å². The quantitative estimate of drug-likeness (QED) is 0.516. The molecule has 74 valence electrons. The maximum atomic E-state index is 2.43. The third-order valence-electron chi connectivity index (χ3n) is 2.17. The van der Waals surface area contributed by atoms with Crippen LogP contribution in [0.1, 0.15) is 6.42 Å². The molecule has 0 saturated heterocycles. The lowest BCUT2D eigenvalue weighted by Gasteiger charge is -2.13. The highest BCUT2D eigenvalue weighted by atomic mass is 28.3. The summed E-state index contributed by atoms with van der Waals surface area (Å²) >= 11 is 0. The first-order valence-electron chi connectivity index (χ1n) is 4.98. The molecule has 2 nitrogen and oxygen atoms in total. The molecule has 0 fully saturated rings. The zero-order chi connectivity index (χ0) is 9.90. The third-order valence-corrected chi connectivity index (χ3v) is 4.02. The molecule has 1 aromatic rings. The van der Waals surface area contributed by atoms with Crippen molar-refractivity contribution in [2.24, 2.45) is 7.05 Å². The van der Waals surface area contributed by atoms with Gasteiger partial charge in [-0.25, -0.2) is 9.13 Å². The molecule has 0 atom stereocenters. The molecule has 0 aliphatic heterocycles. The van der Waals surface area contributed by atoms with Crippen molar-refractivity contribution in [1.29, 1.82) is 0 Å². The largest absolute Gasteiger partial charge is 0.243 e. The van der Waals surface area contributed by atoms with Crippen LogP contribution in [0.2, 0.25) is 25.7 Å². The Morgan fingerprint density at radius 1 is 1.31 bits per heavy atom. The second-order valence-electron chi connectivity index (χ2n) is 4.98. The maximum absolute atomic E-state index is 2.43. The van der Waals surface area contributed by atoms with Crippen LogP contribution in [0, 0.1) is 0 Å². The molecule has 0 saturated carbocycles. The molecule has 0 aliphatic rings. The summed E-state index contributed by atoms with van der Waals surface area (Å²) in [6.07, 6.45) is 7.70. The smallest absolute Gasteiger partial charge is 0.240 e. The first kappa shape index (κ1) is 10.5. The first-order chi connectivity index (χ1) is 5.97. The monoisotopic (exact) mass is 197 g/mol. The summed E-state index contributed by atoms with van der Waals surface area (Å²) < 4.78 is 4.36. The van der Waals surface area contributed by atoms with Crippen LogP contribution in [0.25, 0.3) is 0 Å². The number of aryl methyl sites for hydroxylation is 2. The summed E-state index contributed by atoms with van der Waals surface area (Å²) in [6, 6.07) is 1.43. The van der Waals surface area contributed by atoms with Crippen LogP contribution in [-0.2, 0) is 13.6 Å². The fraction of sp³-hybridized carbons (Fsp3) is 0.700. The zero-order valence-corrected chi connectivity index (χ0v) is 10.2. The Labute approximate surface area is 82.2 Å². The van der Waals surface area contributed by atoms with E-state index in [1.54, 1.807) is 0 Å². The normalized spacial score (nSPS) is 12.0. The van der Waals surface area contributed by atoms with Gasteiger partial charge in [0.05, 0.1) is 13.6 Å². The Hall–Kier alpha value is -0.573. The highest BCUT2D eigenvalue weighted by Gasteiger charge is 2.12. The Morgan fingerprint density at radius 3 is 2.46 bits per heavy atom. The molecule has 0 unspecified atom stereocenters. The summed E-state index contributed by atoms with van der Waals surface area (Å²) in [5, 5.41) is 0. The van der Waals surface area contributed by atoms with Gasteiger partial charge in [-0.3, -0.25) is 0 Å². The van der Waals surface area contributed by atoms with Crippen molar-refractivity contribution < 1.29 is 4.57 Å². The van der Waals surface area contributed by atoms with Gasteiger partial charge >= 0.3 is 0 Å². The van der Waals surface area contributed by atoms with Crippen LogP contribution in [-0.4, -0.2) is 12.6 Å². The minimum absolute atomic E-state index is 0.824. The van der Waals surface area contributed by atoms with E-state index in [0.29, 0.717) is 0 Å². The predicted octanol–water partition coefficient (Wildman–Crippen LogP) is 2.04. The molecule has 3 heteroatoms. The Bertz CT molecular complexity index is 260. The minimum atomic E-state index is -0.824. The molecule has 0 radical (unpaired) electrons. The van der Waals surface area contributed by atoms with Crippen molar-refractivity contribution in [3.05, 3.63) is 18.7 Å². The Balaban J connectivity index is 2.28. The molecule has 0 N–H and O–H groups in total. The number of imidazole rings is 1. The second-order valence-corrected chi connectivity index (χ2v) is 10.6. The average molecular weight is 197 g/mol. The lowest BCUT2D eigenvalue weighted by molar-refractivity contribution is -0.671. The Morgan fingerprint density at radius 2 is 2.00 bits per heavy atom. The van der Waals surface area contributed by atoms with E-state index >= 15 is 0 Å². The van der Waals surface area contributed by atoms with E-state index in [-0.39, 0.29) is 0 Å². The molecule has 0 amide bonds. The molecule has 13 heavy (non-hydrogen) atoms. The van der Waals surface area contributed by atoms with Crippen molar-refractivity contribution in [3.8, 4) is 0 Å². The van der Waals surface area contributed by atoms with Crippen LogP contribution in [0.15, 0.2) is 18.7 Å². The average Bonchev–Trinajstić information content (AvgIpc) is 2.33. The van der Waals surface area contributed by atoms with Crippen LogP contribution < -0.4 is 4.57 Å². The van der Waals surface area contributed by atoms with Crippen molar-refractivity contribution in [3.63, 3.8) is 0 Å². The van der Waals surface area contributed by atoms with Gasteiger partial charge in [-0.1, -0.05) is 25.7 Å². The van der Waals surface area contributed by atoms with Crippen molar-refractivity contribution in [2.75, 3.05) is 0 Å². The minimum Gasteiger partial charge on any atom is -0.240 e. The topological polar surface area (TPSA) is 8.81 Å². The van der Waals surface area contributed by atoms with E-state index in [1.807, 2.05) is 0 Å². The van der Waals surface area contributed by atoms with Gasteiger partial charge in [-0.2, -0.15) is 0 Å². The summed E-state index contributed by atoms with van der Waals surface area (Å²) in [6.45, 7) is 8.47. The maximum Gasteiger partial charge on any atom is 0.243 e.